The number of hydrazone groups is 1. The van der Waals surface area contributed by atoms with E-state index in [9.17, 15) is 13.2 Å². The number of carbonyl (C=O) groups is 1. The molecule has 1 heterocycles. The van der Waals surface area contributed by atoms with Crippen LogP contribution in [0.25, 0.3) is 5.69 Å². The van der Waals surface area contributed by atoms with Crippen LogP contribution in [0.2, 0.25) is 0 Å². The molecule has 0 atom stereocenters. The van der Waals surface area contributed by atoms with E-state index in [1.165, 1.54) is 12.1 Å². The first-order valence-corrected chi connectivity index (χ1v) is 10.4. The molecular formula is C21H22N4O3S. The molecule has 3 aromatic rings. The predicted molar refractivity (Wildman–Crippen MR) is 113 cm³/mol. The van der Waals surface area contributed by atoms with Crippen LogP contribution >= 0.6 is 0 Å². The minimum atomic E-state index is -3.74. The SMILES string of the molecule is C/C(=N\NC(=O)c1ccc(-n2c(C)ccc2C)cc1)c1ccc(S(N)(=O)=O)cc1. The minimum absolute atomic E-state index is 0.0198. The van der Waals surface area contributed by atoms with Crippen molar-refractivity contribution in [3.05, 3.63) is 83.2 Å². The van der Waals surface area contributed by atoms with Gasteiger partial charge in [0.1, 0.15) is 0 Å². The number of sulfonamides is 1. The van der Waals surface area contributed by atoms with Crippen molar-refractivity contribution in [2.75, 3.05) is 0 Å². The fraction of sp³-hybridized carbons (Fsp3) is 0.143. The molecule has 7 nitrogen and oxygen atoms in total. The lowest BCUT2D eigenvalue weighted by atomic mass is 10.1. The molecule has 0 unspecified atom stereocenters. The zero-order valence-corrected chi connectivity index (χ0v) is 17.2. The Bertz CT molecular complexity index is 1160. The first kappa shape index (κ1) is 20.5. The molecule has 8 heteroatoms. The Morgan fingerprint density at radius 1 is 0.897 bits per heavy atom. The summed E-state index contributed by atoms with van der Waals surface area (Å²) in [6, 6.07) is 17.3. The summed E-state index contributed by atoms with van der Waals surface area (Å²) >= 11 is 0. The van der Waals surface area contributed by atoms with Crippen LogP contribution in [0.15, 0.2) is 70.7 Å². The summed E-state index contributed by atoms with van der Waals surface area (Å²) in [6.45, 7) is 5.77. The van der Waals surface area contributed by atoms with Gasteiger partial charge in [0.2, 0.25) is 10.0 Å². The first-order valence-electron chi connectivity index (χ1n) is 8.90. The lowest BCUT2D eigenvalue weighted by molar-refractivity contribution is 0.0955. The van der Waals surface area contributed by atoms with Crippen LogP contribution in [-0.4, -0.2) is 24.6 Å². The highest BCUT2D eigenvalue weighted by Gasteiger charge is 2.09. The Hall–Kier alpha value is -3.23. The van der Waals surface area contributed by atoms with E-state index in [4.69, 9.17) is 5.14 Å². The molecule has 0 aliphatic carbocycles. The van der Waals surface area contributed by atoms with E-state index in [0.29, 0.717) is 16.8 Å². The zero-order valence-electron chi connectivity index (χ0n) is 16.4. The normalized spacial score (nSPS) is 12.1. The summed E-state index contributed by atoms with van der Waals surface area (Å²) in [4.78, 5) is 12.4. The van der Waals surface area contributed by atoms with Crippen molar-refractivity contribution >= 4 is 21.6 Å². The second-order valence-electron chi connectivity index (χ2n) is 6.71. The number of hydrogen-bond acceptors (Lipinski definition) is 4. The monoisotopic (exact) mass is 410 g/mol. The second kappa shape index (κ2) is 8.02. The van der Waals surface area contributed by atoms with Crippen molar-refractivity contribution in [1.82, 2.24) is 9.99 Å². The standard InChI is InChI=1S/C21H22N4O3S/c1-14-4-5-15(2)25(14)19-10-6-18(7-11-19)21(26)24-23-16(3)17-8-12-20(13-9-17)29(22,27)28/h4-13H,1-3H3,(H,24,26)(H2,22,27,28)/b23-16+. The molecule has 3 N–H and O–H groups in total. The average Bonchev–Trinajstić information content (AvgIpc) is 3.03. The Balaban J connectivity index is 1.71. The predicted octanol–water partition coefficient (Wildman–Crippen LogP) is 2.90. The summed E-state index contributed by atoms with van der Waals surface area (Å²) in [5.74, 6) is -0.335. The van der Waals surface area contributed by atoms with Crippen molar-refractivity contribution in [3.63, 3.8) is 0 Å². The van der Waals surface area contributed by atoms with Crippen LogP contribution in [0, 0.1) is 13.8 Å². The van der Waals surface area contributed by atoms with E-state index < -0.39 is 10.0 Å². The molecule has 3 rings (SSSR count). The Morgan fingerprint density at radius 2 is 1.41 bits per heavy atom. The van der Waals surface area contributed by atoms with E-state index in [0.717, 1.165) is 17.1 Å². The van der Waals surface area contributed by atoms with Crippen LogP contribution in [-0.2, 0) is 10.0 Å². The lowest BCUT2D eigenvalue weighted by Gasteiger charge is -2.10. The molecule has 0 saturated carbocycles. The summed E-state index contributed by atoms with van der Waals surface area (Å²) in [7, 11) is -3.74. The van der Waals surface area contributed by atoms with Crippen LogP contribution in [0.4, 0.5) is 0 Å². The number of nitrogens with two attached hydrogens (primary N) is 1. The Labute approximate surface area is 169 Å². The fourth-order valence-corrected chi connectivity index (χ4v) is 3.50. The number of nitrogens with zero attached hydrogens (tertiary/aromatic N) is 2. The van der Waals surface area contributed by atoms with Crippen LogP contribution in [0.1, 0.15) is 34.2 Å². The maximum absolute atomic E-state index is 12.4. The Kier molecular flexibility index (Phi) is 5.67. The molecule has 0 spiro atoms. The van der Waals surface area contributed by atoms with Gasteiger partial charge in [-0.15, -0.1) is 0 Å². The van der Waals surface area contributed by atoms with E-state index >= 15 is 0 Å². The van der Waals surface area contributed by atoms with Crippen molar-refractivity contribution in [3.8, 4) is 5.69 Å². The van der Waals surface area contributed by atoms with Crippen LogP contribution < -0.4 is 10.6 Å². The molecule has 1 amide bonds. The van der Waals surface area contributed by atoms with Gasteiger partial charge in [-0.05, 0) is 74.9 Å². The third kappa shape index (κ3) is 4.61. The quantitative estimate of drug-likeness (QED) is 0.499. The molecule has 1 aromatic heterocycles. The van der Waals surface area contributed by atoms with Crippen molar-refractivity contribution in [2.24, 2.45) is 10.2 Å². The summed E-state index contributed by atoms with van der Waals surface area (Å²) in [5.41, 5.74) is 7.43. The van der Waals surface area contributed by atoms with E-state index in [2.05, 4.69) is 15.1 Å². The largest absolute Gasteiger partial charge is 0.319 e. The number of rotatable bonds is 5. The van der Waals surface area contributed by atoms with E-state index in [1.807, 2.05) is 38.1 Å². The lowest BCUT2D eigenvalue weighted by Crippen LogP contribution is -2.19. The molecule has 2 aromatic carbocycles. The number of primary sulfonamides is 1. The molecular weight excluding hydrogens is 388 g/mol. The fourth-order valence-electron chi connectivity index (χ4n) is 2.99. The highest BCUT2D eigenvalue weighted by Crippen LogP contribution is 2.17. The van der Waals surface area contributed by atoms with E-state index in [1.54, 1.807) is 31.2 Å². The van der Waals surface area contributed by atoms with Crippen molar-refractivity contribution in [1.29, 1.82) is 0 Å². The van der Waals surface area contributed by atoms with Gasteiger partial charge >= 0.3 is 0 Å². The number of hydrogen-bond donors (Lipinski definition) is 2. The number of amides is 1. The zero-order chi connectivity index (χ0) is 21.2. The molecule has 150 valence electrons. The van der Waals surface area contributed by atoms with E-state index in [-0.39, 0.29) is 10.8 Å². The molecule has 0 aliphatic rings. The highest BCUT2D eigenvalue weighted by atomic mass is 32.2. The van der Waals surface area contributed by atoms with Crippen LogP contribution in [0.5, 0.6) is 0 Å². The van der Waals surface area contributed by atoms with Gasteiger partial charge in [0, 0.05) is 22.6 Å². The molecule has 0 aliphatic heterocycles. The molecule has 0 radical (unpaired) electrons. The van der Waals surface area contributed by atoms with Crippen molar-refractivity contribution in [2.45, 2.75) is 25.7 Å². The minimum Gasteiger partial charge on any atom is -0.319 e. The van der Waals surface area contributed by atoms with Gasteiger partial charge in [0.15, 0.2) is 0 Å². The molecule has 29 heavy (non-hydrogen) atoms. The highest BCUT2D eigenvalue weighted by molar-refractivity contribution is 7.89. The third-order valence-corrected chi connectivity index (χ3v) is 5.51. The summed E-state index contributed by atoms with van der Waals surface area (Å²) in [6.07, 6.45) is 0. The summed E-state index contributed by atoms with van der Waals surface area (Å²) < 4.78 is 24.7. The van der Waals surface area contributed by atoms with Gasteiger partial charge in [-0.3, -0.25) is 4.79 Å². The molecule has 0 saturated heterocycles. The van der Waals surface area contributed by atoms with Crippen LogP contribution in [0.3, 0.4) is 0 Å². The number of benzene rings is 2. The third-order valence-electron chi connectivity index (χ3n) is 4.58. The average molecular weight is 410 g/mol. The topological polar surface area (TPSA) is 107 Å². The van der Waals surface area contributed by atoms with Gasteiger partial charge in [0.05, 0.1) is 10.6 Å². The second-order valence-corrected chi connectivity index (χ2v) is 8.27. The number of aromatic nitrogens is 1. The maximum atomic E-state index is 12.4. The Morgan fingerprint density at radius 3 is 1.93 bits per heavy atom. The van der Waals surface area contributed by atoms with Gasteiger partial charge in [-0.2, -0.15) is 5.10 Å². The van der Waals surface area contributed by atoms with Gasteiger partial charge in [-0.25, -0.2) is 19.0 Å². The smallest absolute Gasteiger partial charge is 0.271 e. The first-order chi connectivity index (χ1) is 13.7. The molecule has 0 bridgehead atoms. The van der Waals surface area contributed by atoms with Gasteiger partial charge in [-0.1, -0.05) is 12.1 Å². The number of carbonyl (C=O) groups excluding carboxylic acids is 1. The van der Waals surface area contributed by atoms with Gasteiger partial charge in [0.25, 0.3) is 5.91 Å². The summed E-state index contributed by atoms with van der Waals surface area (Å²) in [5, 5.41) is 9.18. The number of nitrogens with one attached hydrogen (secondary N) is 1. The molecule has 0 fully saturated rings. The van der Waals surface area contributed by atoms with Crippen molar-refractivity contribution < 1.29 is 13.2 Å². The van der Waals surface area contributed by atoms with Gasteiger partial charge < -0.3 is 4.57 Å². The maximum Gasteiger partial charge on any atom is 0.271 e. The number of aryl methyl sites for hydroxylation is 2.